The van der Waals surface area contributed by atoms with Gasteiger partial charge in [0.05, 0.1) is 0 Å². The van der Waals surface area contributed by atoms with Crippen molar-refractivity contribution in [3.05, 3.63) is 0 Å². The molecule has 0 aliphatic rings. The SMILES string of the molecule is CCCCNC(C)O.O=CO. The lowest BCUT2D eigenvalue weighted by Gasteiger charge is -2.04. The van der Waals surface area contributed by atoms with Gasteiger partial charge in [-0.05, 0) is 19.9 Å². The molecule has 0 rings (SSSR count). The first-order valence-electron chi connectivity index (χ1n) is 3.68. The molecule has 0 spiro atoms. The van der Waals surface area contributed by atoms with E-state index in [0.717, 1.165) is 13.0 Å². The average molecular weight is 163 g/mol. The number of aliphatic hydroxyl groups excluding tert-OH is 1. The van der Waals surface area contributed by atoms with E-state index in [1.807, 2.05) is 0 Å². The first-order chi connectivity index (χ1) is 5.18. The molecule has 0 aromatic heterocycles. The Bertz CT molecular complexity index is 76.1. The summed E-state index contributed by atoms with van der Waals surface area (Å²) in [5.41, 5.74) is 0. The third kappa shape index (κ3) is 26.6. The lowest BCUT2D eigenvalue weighted by Crippen LogP contribution is -2.25. The molecule has 4 nitrogen and oxygen atoms in total. The summed E-state index contributed by atoms with van der Waals surface area (Å²) in [4.78, 5) is 8.36. The van der Waals surface area contributed by atoms with Crippen LogP contribution in [0.25, 0.3) is 0 Å². The van der Waals surface area contributed by atoms with E-state index in [0.29, 0.717) is 0 Å². The minimum absolute atomic E-state index is 0.250. The van der Waals surface area contributed by atoms with Gasteiger partial charge in [-0.2, -0.15) is 0 Å². The highest BCUT2D eigenvalue weighted by Crippen LogP contribution is 1.82. The first-order valence-corrected chi connectivity index (χ1v) is 3.68. The molecule has 68 valence electrons. The molecule has 0 aromatic rings. The number of hydrogen-bond donors (Lipinski definition) is 3. The minimum atomic E-state index is -0.346. The maximum atomic E-state index is 8.67. The highest BCUT2D eigenvalue weighted by molar-refractivity contribution is 5.32. The minimum Gasteiger partial charge on any atom is -0.483 e. The molecule has 0 amide bonds. The smallest absolute Gasteiger partial charge is 0.290 e. The number of unbranched alkanes of at least 4 members (excludes halogenated alkanes) is 1. The number of hydrogen-bond acceptors (Lipinski definition) is 3. The molecule has 0 radical (unpaired) electrons. The lowest BCUT2D eigenvalue weighted by molar-refractivity contribution is -0.122. The fourth-order valence-corrected chi connectivity index (χ4v) is 0.488. The first kappa shape index (κ1) is 13.0. The lowest BCUT2D eigenvalue weighted by atomic mass is 10.3. The van der Waals surface area contributed by atoms with Crippen molar-refractivity contribution in [3.8, 4) is 0 Å². The summed E-state index contributed by atoms with van der Waals surface area (Å²) >= 11 is 0. The largest absolute Gasteiger partial charge is 0.483 e. The average Bonchev–Trinajstić information content (AvgIpc) is 1.89. The summed E-state index contributed by atoms with van der Waals surface area (Å²) in [5, 5.41) is 18.5. The van der Waals surface area contributed by atoms with Crippen molar-refractivity contribution in [2.24, 2.45) is 0 Å². The predicted octanol–water partition coefficient (Wildman–Crippen LogP) is 0.415. The Morgan fingerprint density at radius 1 is 1.64 bits per heavy atom. The number of aliphatic hydroxyl groups is 1. The van der Waals surface area contributed by atoms with E-state index in [-0.39, 0.29) is 12.7 Å². The Labute approximate surface area is 67.2 Å². The standard InChI is InChI=1S/C6H15NO.CH2O2/c1-3-4-5-7-6(2)8;2-1-3/h6-8H,3-5H2,1-2H3;1H,(H,2,3). The van der Waals surface area contributed by atoms with Gasteiger partial charge in [-0.25, -0.2) is 0 Å². The van der Waals surface area contributed by atoms with Crippen LogP contribution in [0, 0.1) is 0 Å². The molecule has 1 unspecified atom stereocenters. The molecule has 4 heteroatoms. The maximum absolute atomic E-state index is 8.67. The van der Waals surface area contributed by atoms with E-state index in [1.165, 1.54) is 6.42 Å². The molecule has 0 heterocycles. The molecular weight excluding hydrogens is 146 g/mol. The van der Waals surface area contributed by atoms with Crippen molar-refractivity contribution in [2.45, 2.75) is 32.9 Å². The second-order valence-corrected chi connectivity index (χ2v) is 2.09. The van der Waals surface area contributed by atoms with E-state index in [1.54, 1.807) is 6.92 Å². The summed E-state index contributed by atoms with van der Waals surface area (Å²) < 4.78 is 0. The van der Waals surface area contributed by atoms with Gasteiger partial charge in [0.1, 0.15) is 6.23 Å². The van der Waals surface area contributed by atoms with Gasteiger partial charge in [-0.15, -0.1) is 0 Å². The van der Waals surface area contributed by atoms with Crippen LogP contribution in [0.15, 0.2) is 0 Å². The highest BCUT2D eigenvalue weighted by atomic mass is 16.3. The Balaban J connectivity index is 0. The van der Waals surface area contributed by atoms with Crippen LogP contribution in [0.4, 0.5) is 0 Å². The van der Waals surface area contributed by atoms with E-state index in [4.69, 9.17) is 15.0 Å². The molecule has 0 bridgehead atoms. The molecule has 0 aliphatic heterocycles. The highest BCUT2D eigenvalue weighted by Gasteiger charge is 1.88. The fourth-order valence-electron chi connectivity index (χ4n) is 0.488. The van der Waals surface area contributed by atoms with E-state index < -0.39 is 0 Å². The van der Waals surface area contributed by atoms with E-state index in [2.05, 4.69) is 12.2 Å². The van der Waals surface area contributed by atoms with Gasteiger partial charge in [-0.3, -0.25) is 10.1 Å². The fraction of sp³-hybridized carbons (Fsp3) is 0.857. The number of rotatable bonds is 4. The normalized spacial score (nSPS) is 11.2. The van der Waals surface area contributed by atoms with Crippen molar-refractivity contribution in [1.82, 2.24) is 5.32 Å². The maximum Gasteiger partial charge on any atom is 0.290 e. The van der Waals surface area contributed by atoms with Crippen LogP contribution in [-0.2, 0) is 4.79 Å². The quantitative estimate of drug-likeness (QED) is 0.319. The Hall–Kier alpha value is -0.610. The van der Waals surface area contributed by atoms with Crippen LogP contribution < -0.4 is 5.32 Å². The molecule has 0 aromatic carbocycles. The monoisotopic (exact) mass is 163 g/mol. The molecule has 0 aliphatic carbocycles. The van der Waals surface area contributed by atoms with Crippen LogP contribution in [0.3, 0.4) is 0 Å². The van der Waals surface area contributed by atoms with Gasteiger partial charge in [0.25, 0.3) is 6.47 Å². The van der Waals surface area contributed by atoms with Crippen molar-refractivity contribution < 1.29 is 15.0 Å². The number of carbonyl (C=O) groups is 1. The van der Waals surface area contributed by atoms with Gasteiger partial charge in [0.15, 0.2) is 0 Å². The summed E-state index contributed by atoms with van der Waals surface area (Å²) in [7, 11) is 0. The molecular formula is C7H17NO3. The van der Waals surface area contributed by atoms with Gasteiger partial charge < -0.3 is 10.2 Å². The summed E-state index contributed by atoms with van der Waals surface area (Å²) in [5.74, 6) is 0. The van der Waals surface area contributed by atoms with E-state index >= 15 is 0 Å². The zero-order valence-electron chi connectivity index (χ0n) is 7.08. The van der Waals surface area contributed by atoms with Gasteiger partial charge >= 0.3 is 0 Å². The molecule has 0 saturated carbocycles. The van der Waals surface area contributed by atoms with Crippen molar-refractivity contribution in [3.63, 3.8) is 0 Å². The topological polar surface area (TPSA) is 69.6 Å². The van der Waals surface area contributed by atoms with Crippen LogP contribution in [0.2, 0.25) is 0 Å². The molecule has 0 saturated heterocycles. The van der Waals surface area contributed by atoms with Crippen molar-refractivity contribution >= 4 is 6.47 Å². The Morgan fingerprint density at radius 3 is 2.36 bits per heavy atom. The van der Waals surface area contributed by atoms with Gasteiger partial charge in [-0.1, -0.05) is 13.3 Å². The summed E-state index contributed by atoms with van der Waals surface area (Å²) in [6.45, 7) is 4.54. The molecule has 1 atom stereocenters. The molecule has 0 fully saturated rings. The molecule has 11 heavy (non-hydrogen) atoms. The molecule has 3 N–H and O–H groups in total. The van der Waals surface area contributed by atoms with E-state index in [9.17, 15) is 0 Å². The zero-order valence-corrected chi connectivity index (χ0v) is 7.08. The Morgan fingerprint density at radius 2 is 2.09 bits per heavy atom. The second-order valence-electron chi connectivity index (χ2n) is 2.09. The third-order valence-corrected chi connectivity index (χ3v) is 0.970. The zero-order chi connectivity index (χ0) is 9.11. The summed E-state index contributed by atoms with van der Waals surface area (Å²) in [6.07, 6.45) is 1.98. The van der Waals surface area contributed by atoms with Gasteiger partial charge in [0.2, 0.25) is 0 Å². The van der Waals surface area contributed by atoms with Gasteiger partial charge in [0, 0.05) is 0 Å². The van der Waals surface area contributed by atoms with Crippen molar-refractivity contribution in [1.29, 1.82) is 0 Å². The van der Waals surface area contributed by atoms with Crippen LogP contribution in [-0.4, -0.2) is 29.5 Å². The Kier molecular flexibility index (Phi) is 14.3. The van der Waals surface area contributed by atoms with Crippen LogP contribution in [0.1, 0.15) is 26.7 Å². The number of carboxylic acid groups (broad SMARTS) is 1. The van der Waals surface area contributed by atoms with Crippen LogP contribution >= 0.6 is 0 Å². The number of nitrogens with one attached hydrogen (secondary N) is 1. The van der Waals surface area contributed by atoms with Crippen LogP contribution in [0.5, 0.6) is 0 Å². The van der Waals surface area contributed by atoms with Crippen molar-refractivity contribution in [2.75, 3.05) is 6.54 Å². The second kappa shape index (κ2) is 12.1. The third-order valence-electron chi connectivity index (χ3n) is 0.970. The summed E-state index contributed by atoms with van der Waals surface area (Å²) in [6, 6.07) is 0. The predicted molar refractivity (Wildman–Crippen MR) is 43.3 cm³/mol.